The molecule has 2 atom stereocenters. The number of hydrogen-bond acceptors (Lipinski definition) is 12. The number of nitrogens with one attached hydrogen (secondary N) is 2. The molecule has 2 heterocycles. The van der Waals surface area contributed by atoms with Crippen molar-refractivity contribution in [2.75, 3.05) is 33.4 Å². The molecule has 3 N–H and O–H groups in total. The van der Waals surface area contributed by atoms with E-state index in [1.165, 1.54) is 23.8 Å². The second-order valence-corrected chi connectivity index (χ2v) is 12.3. The number of ether oxygens (including phenoxy) is 2. The van der Waals surface area contributed by atoms with E-state index in [0.29, 0.717) is 43.0 Å². The average molecular weight is 662 g/mol. The number of nitrogens with zero attached hydrogens (tertiary/aromatic N) is 3. The van der Waals surface area contributed by atoms with E-state index in [9.17, 15) is 30.1 Å². The zero-order valence-electron chi connectivity index (χ0n) is 27.7. The topological polar surface area (TPSA) is 176 Å². The lowest BCUT2D eigenvalue weighted by atomic mass is 9.80. The van der Waals surface area contributed by atoms with E-state index in [4.69, 9.17) is 14.3 Å². The lowest BCUT2D eigenvalue weighted by Gasteiger charge is -2.33. The highest BCUT2D eigenvalue weighted by molar-refractivity contribution is 6.00. The first-order valence-corrected chi connectivity index (χ1v) is 16.1. The minimum Gasteiger partial charge on any atom is -0.491 e. The number of rotatable bonds is 14. The highest BCUT2D eigenvalue weighted by Gasteiger charge is 2.40. The number of hydrogen-bond donors (Lipinski definition) is 3. The van der Waals surface area contributed by atoms with Gasteiger partial charge in [0.25, 0.3) is 5.69 Å². The van der Waals surface area contributed by atoms with Crippen LogP contribution in [-0.2, 0) is 25.6 Å². The fraction of sp³-hybridized carbons (Fsp3) is 0.457. The number of benzene rings is 2. The molecule has 4 rings (SSSR count). The van der Waals surface area contributed by atoms with Crippen LogP contribution < -0.4 is 15.4 Å². The van der Waals surface area contributed by atoms with Crippen LogP contribution in [0.15, 0.2) is 71.1 Å². The van der Waals surface area contributed by atoms with Crippen molar-refractivity contribution in [2.45, 2.75) is 64.5 Å². The average Bonchev–Trinajstić information content (AvgIpc) is 3.09. The first-order chi connectivity index (χ1) is 23.0. The molecule has 256 valence electrons. The fourth-order valence-electron chi connectivity index (χ4n) is 5.87. The molecule has 0 bridgehead atoms. The van der Waals surface area contributed by atoms with Crippen molar-refractivity contribution < 1.29 is 33.9 Å². The van der Waals surface area contributed by atoms with Crippen molar-refractivity contribution in [1.82, 2.24) is 15.7 Å². The van der Waals surface area contributed by atoms with E-state index < -0.39 is 28.9 Å². The van der Waals surface area contributed by atoms with Crippen LogP contribution in [0.1, 0.15) is 57.1 Å². The number of non-ortho nitro benzene ring substituents is 1. The molecule has 48 heavy (non-hydrogen) atoms. The lowest BCUT2D eigenvalue weighted by Crippen LogP contribution is -2.39. The maximum absolute atomic E-state index is 13.7. The minimum atomic E-state index is -1.12. The van der Waals surface area contributed by atoms with Crippen molar-refractivity contribution in [3.63, 3.8) is 0 Å². The molecule has 2 aromatic carbocycles. The molecule has 13 nitrogen and oxygen atoms in total. The largest absolute Gasteiger partial charge is 0.491 e. The maximum atomic E-state index is 13.7. The van der Waals surface area contributed by atoms with Gasteiger partial charge in [-0.2, -0.15) is 5.26 Å². The fourth-order valence-corrected chi connectivity index (χ4v) is 5.87. The monoisotopic (exact) mass is 661 g/mol. The zero-order chi connectivity index (χ0) is 34.8. The van der Waals surface area contributed by atoms with E-state index in [2.05, 4.69) is 10.6 Å². The number of aliphatic hydroxyl groups excluding tert-OH is 1. The number of hydroxylamine groups is 2. The Bertz CT molecular complexity index is 1570. The Morgan fingerprint density at radius 2 is 1.85 bits per heavy atom. The molecule has 2 aliphatic rings. The molecule has 2 aliphatic heterocycles. The predicted molar refractivity (Wildman–Crippen MR) is 176 cm³/mol. The number of aryl methyl sites for hydroxylation is 1. The van der Waals surface area contributed by atoms with Crippen molar-refractivity contribution in [2.24, 2.45) is 5.92 Å². The lowest BCUT2D eigenvalue weighted by molar-refractivity contribution is -0.384. The summed E-state index contributed by atoms with van der Waals surface area (Å²) in [4.78, 5) is 43.4. The number of piperidine rings is 1. The smallest absolute Gasteiger partial charge is 0.355 e. The van der Waals surface area contributed by atoms with Gasteiger partial charge in [-0.3, -0.25) is 10.1 Å². The molecule has 13 heteroatoms. The molecule has 0 amide bonds. The summed E-state index contributed by atoms with van der Waals surface area (Å²) in [6.07, 6.45) is 2.89. The number of dihydropyridines is 1. The van der Waals surface area contributed by atoms with Crippen molar-refractivity contribution >= 4 is 17.6 Å². The summed E-state index contributed by atoms with van der Waals surface area (Å²) in [5.41, 5.74) is 1.36. The van der Waals surface area contributed by atoms with Crippen molar-refractivity contribution in [3.8, 4) is 11.8 Å². The van der Waals surface area contributed by atoms with Crippen molar-refractivity contribution in [1.29, 1.82) is 5.26 Å². The summed E-state index contributed by atoms with van der Waals surface area (Å²) in [6.45, 7) is 7.36. The number of carbonyl (C=O) groups excluding carboxylic acids is 2. The second kappa shape index (κ2) is 16.9. The van der Waals surface area contributed by atoms with Crippen LogP contribution in [0, 0.1) is 27.4 Å². The molecule has 0 radical (unpaired) electrons. The Kier molecular flexibility index (Phi) is 12.7. The summed E-state index contributed by atoms with van der Waals surface area (Å²) in [6, 6.07) is 15.7. The standard InChI is InChI=1S/C35H43N5O8/c1-22(2)37-20-28(41)21-47-29-12-10-24(11-13-29)8-9-25-14-16-39(17-15-25)48-35(43)31-23(3)38-30(19-36)33(34(42)46-4)32(31)26-6-5-7-27(18-26)40(44)45/h5-7,10-13,18,22,25,28,32,37-38,41H,8-9,14-17,20-21H2,1-4H3. The van der Waals surface area contributed by atoms with Gasteiger partial charge in [0, 0.05) is 43.5 Å². The van der Waals surface area contributed by atoms with E-state index in [1.54, 1.807) is 18.1 Å². The minimum absolute atomic E-state index is 0.0613. The Hall–Kier alpha value is -4.77. The first kappa shape index (κ1) is 36.1. The Labute approximate surface area is 280 Å². The number of methoxy groups -OCH3 is 1. The number of nitro groups is 1. The van der Waals surface area contributed by atoms with Gasteiger partial charge in [0.05, 0.1) is 29.1 Å². The number of carbonyl (C=O) groups is 2. The quantitative estimate of drug-likeness (QED) is 0.151. The van der Waals surface area contributed by atoms with Crippen LogP contribution in [0.3, 0.4) is 0 Å². The SMILES string of the molecule is COC(=O)C1=C(C#N)NC(C)=C(C(=O)ON2CCC(CCc3ccc(OCC(O)CNC(C)C)cc3)CC2)C1c1cccc([N+](=O)[O-])c1. The number of allylic oxidation sites excluding steroid dienone is 2. The van der Waals surface area contributed by atoms with Gasteiger partial charge < -0.3 is 30.1 Å². The highest BCUT2D eigenvalue weighted by atomic mass is 16.7. The van der Waals surface area contributed by atoms with Crippen molar-refractivity contribution in [3.05, 3.63) is 92.3 Å². The number of aliphatic hydroxyl groups is 1. The molecular weight excluding hydrogens is 618 g/mol. The number of nitriles is 1. The van der Waals surface area contributed by atoms with E-state index in [0.717, 1.165) is 32.8 Å². The normalized spacial score (nSPS) is 17.8. The van der Waals surface area contributed by atoms with Crippen LogP contribution in [0.4, 0.5) is 5.69 Å². The molecule has 1 saturated heterocycles. The summed E-state index contributed by atoms with van der Waals surface area (Å²) >= 11 is 0. The third-order valence-electron chi connectivity index (χ3n) is 8.47. The molecule has 0 spiro atoms. The third-order valence-corrected chi connectivity index (χ3v) is 8.47. The van der Waals surface area contributed by atoms with Gasteiger partial charge in [-0.15, -0.1) is 5.06 Å². The zero-order valence-corrected chi connectivity index (χ0v) is 27.7. The van der Waals surface area contributed by atoms with E-state index in [1.807, 2.05) is 44.2 Å². The maximum Gasteiger partial charge on any atom is 0.355 e. The summed E-state index contributed by atoms with van der Waals surface area (Å²) in [5.74, 6) is -1.55. The number of esters is 1. The molecule has 0 saturated carbocycles. The van der Waals surface area contributed by atoms with Gasteiger partial charge in [0.2, 0.25) is 0 Å². The van der Waals surface area contributed by atoms with Gasteiger partial charge >= 0.3 is 11.9 Å². The Morgan fingerprint density at radius 1 is 1.15 bits per heavy atom. The van der Waals surface area contributed by atoms with Gasteiger partial charge in [-0.1, -0.05) is 38.1 Å². The molecule has 2 unspecified atom stereocenters. The second-order valence-electron chi connectivity index (χ2n) is 12.3. The number of nitro benzene ring substituents is 1. The molecular formula is C35H43N5O8. The molecule has 0 aromatic heterocycles. The van der Waals surface area contributed by atoms with Gasteiger partial charge in [0.15, 0.2) is 0 Å². The predicted octanol–water partition coefficient (Wildman–Crippen LogP) is 4.05. The van der Waals surface area contributed by atoms with Gasteiger partial charge in [0.1, 0.15) is 30.2 Å². The molecule has 0 aliphatic carbocycles. The first-order valence-electron chi connectivity index (χ1n) is 16.1. The van der Waals surface area contributed by atoms with E-state index in [-0.39, 0.29) is 34.7 Å². The van der Waals surface area contributed by atoms with Crippen LogP contribution in [0.25, 0.3) is 0 Å². The Balaban J connectivity index is 1.35. The van der Waals surface area contributed by atoms with Crippen LogP contribution in [0.2, 0.25) is 0 Å². The molecule has 2 aromatic rings. The van der Waals surface area contributed by atoms with E-state index >= 15 is 0 Å². The molecule has 1 fully saturated rings. The summed E-state index contributed by atoms with van der Waals surface area (Å²) < 4.78 is 10.7. The summed E-state index contributed by atoms with van der Waals surface area (Å²) in [7, 11) is 1.16. The van der Waals surface area contributed by atoms with Crippen LogP contribution in [-0.4, -0.2) is 72.5 Å². The van der Waals surface area contributed by atoms with Gasteiger partial charge in [-0.05, 0) is 61.8 Å². The third kappa shape index (κ3) is 9.41. The summed E-state index contributed by atoms with van der Waals surface area (Å²) in [5, 5.41) is 39.0. The Morgan fingerprint density at radius 3 is 2.48 bits per heavy atom. The van der Waals surface area contributed by atoms with Gasteiger partial charge in [-0.25, -0.2) is 9.59 Å². The highest BCUT2D eigenvalue weighted by Crippen LogP contribution is 2.40. The van der Waals surface area contributed by atoms with Crippen LogP contribution >= 0.6 is 0 Å². The van der Waals surface area contributed by atoms with Crippen LogP contribution in [0.5, 0.6) is 5.75 Å².